The van der Waals surface area contributed by atoms with Crippen molar-refractivity contribution in [3.8, 4) is 17.1 Å². The van der Waals surface area contributed by atoms with Crippen LogP contribution in [0.4, 0.5) is 5.82 Å². The van der Waals surface area contributed by atoms with Gasteiger partial charge in [-0.1, -0.05) is 12.1 Å². The van der Waals surface area contributed by atoms with Gasteiger partial charge in [-0.15, -0.1) is 0 Å². The molecule has 2 aromatic carbocycles. The van der Waals surface area contributed by atoms with Gasteiger partial charge in [-0.05, 0) is 60.7 Å². The maximum absolute atomic E-state index is 12.6. The summed E-state index contributed by atoms with van der Waals surface area (Å²) in [7, 11) is 1.64. The summed E-state index contributed by atoms with van der Waals surface area (Å²) in [6.07, 6.45) is 3.51. The Morgan fingerprint density at radius 2 is 1.67 bits per heavy atom. The van der Waals surface area contributed by atoms with Gasteiger partial charge in [0.25, 0.3) is 0 Å². The molecule has 182 valence electrons. The molecule has 0 fully saturated rings. The van der Waals surface area contributed by atoms with Crippen molar-refractivity contribution in [2.45, 2.75) is 19.5 Å². The van der Waals surface area contributed by atoms with Crippen molar-refractivity contribution in [3.63, 3.8) is 0 Å². The number of nitrogens with zero attached hydrogens (tertiary/aromatic N) is 3. The van der Waals surface area contributed by atoms with Crippen LogP contribution >= 0.6 is 0 Å². The van der Waals surface area contributed by atoms with Crippen LogP contribution in [0.2, 0.25) is 0 Å². The maximum atomic E-state index is 12.6. The second-order valence-corrected chi connectivity index (χ2v) is 8.22. The summed E-state index contributed by atoms with van der Waals surface area (Å²) in [6, 6.07) is 22.9. The molecule has 0 saturated heterocycles. The van der Waals surface area contributed by atoms with E-state index < -0.39 is 0 Å². The smallest absolute Gasteiger partial charge is 0.222 e. The minimum atomic E-state index is -0.0791. The standard InChI is InChI=1S/C28H26N4O4/c1-34-21-12-10-20(11-13-21)27-30-25-9-3-2-8-24(25)28(31-27)32(19-23-7-5-17-36-23)15-14-26(33)29-18-22-6-4-16-35-22/h2-13,16-17H,14-15,18-19H2,1H3,(H,29,33). The third-order valence-corrected chi connectivity index (χ3v) is 5.81. The van der Waals surface area contributed by atoms with Gasteiger partial charge in [0.1, 0.15) is 23.1 Å². The fourth-order valence-corrected chi connectivity index (χ4v) is 3.94. The average Bonchev–Trinajstić information content (AvgIpc) is 3.64. The lowest BCUT2D eigenvalue weighted by Crippen LogP contribution is -2.31. The molecular formula is C28H26N4O4. The minimum absolute atomic E-state index is 0.0791. The van der Waals surface area contributed by atoms with E-state index in [4.69, 9.17) is 23.5 Å². The Hall–Kier alpha value is -4.59. The topological polar surface area (TPSA) is 93.6 Å². The zero-order valence-corrected chi connectivity index (χ0v) is 19.9. The summed E-state index contributed by atoms with van der Waals surface area (Å²) < 4.78 is 16.2. The maximum Gasteiger partial charge on any atom is 0.222 e. The van der Waals surface area contributed by atoms with Crippen LogP contribution in [0, 0.1) is 0 Å². The van der Waals surface area contributed by atoms with Crippen molar-refractivity contribution in [1.29, 1.82) is 0 Å². The highest BCUT2D eigenvalue weighted by Gasteiger charge is 2.18. The van der Waals surface area contributed by atoms with Crippen LogP contribution in [0.15, 0.2) is 94.2 Å². The zero-order valence-electron chi connectivity index (χ0n) is 19.9. The van der Waals surface area contributed by atoms with Gasteiger partial charge in [0.05, 0.1) is 38.2 Å². The summed E-state index contributed by atoms with van der Waals surface area (Å²) in [5.74, 6) is 3.51. The van der Waals surface area contributed by atoms with E-state index in [1.807, 2.05) is 66.7 Å². The molecule has 0 atom stereocenters. The number of rotatable bonds is 10. The second kappa shape index (κ2) is 10.8. The van der Waals surface area contributed by atoms with Crippen molar-refractivity contribution >= 4 is 22.6 Å². The Morgan fingerprint density at radius 1 is 0.917 bits per heavy atom. The van der Waals surface area contributed by atoms with Gasteiger partial charge < -0.3 is 23.8 Å². The molecule has 0 bridgehead atoms. The molecule has 0 saturated carbocycles. The molecule has 3 heterocycles. The SMILES string of the molecule is COc1ccc(-c2nc(N(CCC(=O)NCc3ccco3)Cc3ccco3)c3ccccc3n2)cc1. The van der Waals surface area contributed by atoms with Gasteiger partial charge in [-0.25, -0.2) is 9.97 Å². The van der Waals surface area contributed by atoms with E-state index in [-0.39, 0.29) is 12.3 Å². The lowest BCUT2D eigenvalue weighted by atomic mass is 10.1. The highest BCUT2D eigenvalue weighted by molar-refractivity contribution is 5.91. The number of aromatic nitrogens is 2. The average molecular weight is 483 g/mol. The predicted molar refractivity (Wildman–Crippen MR) is 136 cm³/mol. The van der Waals surface area contributed by atoms with Crippen molar-refractivity contribution in [2.75, 3.05) is 18.6 Å². The predicted octanol–water partition coefficient (Wildman–Crippen LogP) is 5.20. The number of para-hydroxylation sites is 1. The van der Waals surface area contributed by atoms with Gasteiger partial charge in [0.2, 0.25) is 5.91 Å². The summed E-state index contributed by atoms with van der Waals surface area (Å²) >= 11 is 0. The number of hydrogen-bond acceptors (Lipinski definition) is 7. The van der Waals surface area contributed by atoms with Gasteiger partial charge in [-0.2, -0.15) is 0 Å². The molecule has 0 radical (unpaired) electrons. The fourth-order valence-electron chi connectivity index (χ4n) is 3.94. The van der Waals surface area contributed by atoms with Crippen molar-refractivity contribution in [1.82, 2.24) is 15.3 Å². The molecule has 36 heavy (non-hydrogen) atoms. The van der Waals surface area contributed by atoms with Crippen molar-refractivity contribution < 1.29 is 18.4 Å². The molecular weight excluding hydrogens is 456 g/mol. The minimum Gasteiger partial charge on any atom is -0.497 e. The Kier molecular flexibility index (Phi) is 6.93. The van der Waals surface area contributed by atoms with Crippen molar-refractivity contribution in [2.24, 2.45) is 0 Å². The van der Waals surface area contributed by atoms with Crippen LogP contribution in [0.25, 0.3) is 22.3 Å². The Morgan fingerprint density at radius 3 is 2.39 bits per heavy atom. The van der Waals surface area contributed by atoms with Gasteiger partial charge in [0, 0.05) is 23.9 Å². The number of anilines is 1. The van der Waals surface area contributed by atoms with E-state index >= 15 is 0 Å². The quantitative estimate of drug-likeness (QED) is 0.292. The lowest BCUT2D eigenvalue weighted by Gasteiger charge is -2.24. The molecule has 0 aliphatic heterocycles. The number of carbonyl (C=O) groups is 1. The zero-order chi connectivity index (χ0) is 24.7. The first-order valence-electron chi connectivity index (χ1n) is 11.7. The molecule has 5 aromatic rings. The van der Waals surface area contributed by atoms with Crippen molar-refractivity contribution in [3.05, 3.63) is 96.8 Å². The first kappa shape index (κ1) is 23.2. The molecule has 0 aliphatic rings. The number of amides is 1. The van der Waals surface area contributed by atoms with E-state index in [9.17, 15) is 4.79 Å². The first-order valence-corrected chi connectivity index (χ1v) is 11.7. The van der Waals surface area contributed by atoms with E-state index in [1.165, 1.54) is 0 Å². The number of ether oxygens (including phenoxy) is 1. The molecule has 0 spiro atoms. The normalized spacial score (nSPS) is 10.9. The van der Waals surface area contributed by atoms with Gasteiger partial charge >= 0.3 is 0 Å². The van der Waals surface area contributed by atoms with Gasteiger partial charge in [0.15, 0.2) is 5.82 Å². The molecule has 0 unspecified atom stereocenters. The number of carbonyl (C=O) groups excluding carboxylic acids is 1. The monoisotopic (exact) mass is 482 g/mol. The van der Waals surface area contributed by atoms with Crippen LogP contribution < -0.4 is 15.0 Å². The number of furan rings is 2. The number of fused-ring (bicyclic) bond motifs is 1. The molecule has 8 heteroatoms. The molecule has 1 amide bonds. The van der Waals surface area contributed by atoms with Crippen LogP contribution in [-0.4, -0.2) is 29.5 Å². The highest BCUT2D eigenvalue weighted by atomic mass is 16.5. The van der Waals surface area contributed by atoms with Crippen LogP contribution in [0.5, 0.6) is 5.75 Å². The number of benzene rings is 2. The third-order valence-electron chi connectivity index (χ3n) is 5.81. The lowest BCUT2D eigenvalue weighted by molar-refractivity contribution is -0.121. The second-order valence-electron chi connectivity index (χ2n) is 8.22. The molecule has 1 N–H and O–H groups in total. The molecule has 0 aliphatic carbocycles. The molecule has 8 nitrogen and oxygen atoms in total. The van der Waals surface area contributed by atoms with E-state index in [1.54, 1.807) is 25.7 Å². The van der Waals surface area contributed by atoms with E-state index in [0.29, 0.717) is 31.2 Å². The van der Waals surface area contributed by atoms with Gasteiger partial charge in [-0.3, -0.25) is 4.79 Å². The summed E-state index contributed by atoms with van der Waals surface area (Å²) in [6.45, 7) is 1.25. The van der Waals surface area contributed by atoms with Crippen LogP contribution in [0.1, 0.15) is 17.9 Å². The first-order chi connectivity index (χ1) is 17.7. The highest BCUT2D eigenvalue weighted by Crippen LogP contribution is 2.29. The number of nitrogens with one attached hydrogen (secondary N) is 1. The number of methoxy groups -OCH3 is 1. The van der Waals surface area contributed by atoms with E-state index in [2.05, 4.69) is 10.2 Å². The van der Waals surface area contributed by atoms with Crippen LogP contribution in [-0.2, 0) is 17.9 Å². The van der Waals surface area contributed by atoms with E-state index in [0.717, 1.165) is 33.8 Å². The third kappa shape index (κ3) is 5.38. The Balaban J connectivity index is 1.45. The largest absolute Gasteiger partial charge is 0.497 e. The fraction of sp³-hybridized carbons (Fsp3) is 0.179. The summed E-state index contributed by atoms with van der Waals surface area (Å²) in [4.78, 5) is 24.5. The summed E-state index contributed by atoms with van der Waals surface area (Å²) in [5.41, 5.74) is 1.69. The molecule has 5 rings (SSSR count). The molecule has 3 aromatic heterocycles. The van der Waals surface area contributed by atoms with Crippen LogP contribution in [0.3, 0.4) is 0 Å². The Bertz CT molecular complexity index is 1410. The number of hydrogen-bond donors (Lipinski definition) is 1. The summed E-state index contributed by atoms with van der Waals surface area (Å²) in [5, 5.41) is 3.81. The Labute approximate surface area is 208 Å².